The number of fused-ring (bicyclic) bond motifs is 3. The number of thiophene rings is 1. The van der Waals surface area contributed by atoms with E-state index in [0.29, 0.717) is 0 Å². The topological polar surface area (TPSA) is 25.8 Å². The van der Waals surface area contributed by atoms with Gasteiger partial charge in [-0.3, -0.25) is 0 Å². The van der Waals surface area contributed by atoms with E-state index in [2.05, 4.69) is 22.1 Å². The average molecular weight is 377 g/mol. The molecule has 0 saturated carbocycles. The van der Waals surface area contributed by atoms with E-state index in [9.17, 15) is 0 Å². The van der Waals surface area contributed by atoms with Crippen molar-refractivity contribution in [2.45, 2.75) is 0 Å². The monoisotopic (exact) mass is 378 g/mol. The first kappa shape index (κ1) is 9.71. The third kappa shape index (κ3) is 1.36. The van der Waals surface area contributed by atoms with Gasteiger partial charge in [-0.05, 0) is 6.07 Å². The predicted molar refractivity (Wildman–Crippen MR) is 53.8 cm³/mol. The third-order valence-corrected chi connectivity index (χ3v) is 2.97. The Morgan fingerprint density at radius 3 is 3.07 bits per heavy atom. The van der Waals surface area contributed by atoms with Crippen molar-refractivity contribution in [3.63, 3.8) is 0 Å². The fourth-order valence-electron chi connectivity index (χ4n) is 1.36. The summed E-state index contributed by atoms with van der Waals surface area (Å²) in [6, 6.07) is 8.98. The van der Waals surface area contributed by atoms with Gasteiger partial charge in [0.2, 0.25) is 0 Å². The zero-order valence-corrected chi connectivity index (χ0v) is 10.2. The van der Waals surface area contributed by atoms with Gasteiger partial charge >= 0.3 is 0 Å². The van der Waals surface area contributed by atoms with E-state index in [-0.39, 0.29) is 20.1 Å². The molecule has 0 saturated heterocycles. The number of aromatic nitrogens is 2. The molecule has 3 aromatic rings. The van der Waals surface area contributed by atoms with Crippen LogP contribution < -0.4 is 0 Å². The van der Waals surface area contributed by atoms with Crippen LogP contribution in [0.2, 0.25) is 0 Å². The van der Waals surface area contributed by atoms with Crippen molar-refractivity contribution in [2.24, 2.45) is 0 Å². The van der Waals surface area contributed by atoms with Crippen LogP contribution in [0.25, 0.3) is 20.4 Å². The summed E-state index contributed by atoms with van der Waals surface area (Å²) in [5.74, 6) is 0. The summed E-state index contributed by atoms with van der Waals surface area (Å²) >= 11 is 1.66. The van der Waals surface area contributed by atoms with Crippen LogP contribution in [0.1, 0.15) is 0 Å². The van der Waals surface area contributed by atoms with E-state index in [4.69, 9.17) is 0 Å². The van der Waals surface area contributed by atoms with Crippen LogP contribution in [0, 0.1) is 6.07 Å². The summed E-state index contributed by atoms with van der Waals surface area (Å²) in [4.78, 5) is 9.58. The van der Waals surface area contributed by atoms with Crippen LogP contribution in [-0.4, -0.2) is 9.97 Å². The molecule has 0 aromatic carbocycles. The summed E-state index contributed by atoms with van der Waals surface area (Å²) < 4.78 is 1.17. The van der Waals surface area contributed by atoms with Gasteiger partial charge in [-0.15, -0.1) is 12.1 Å². The molecule has 14 heavy (non-hydrogen) atoms. The smallest absolute Gasteiger partial charge is 0.0309 e. The maximum atomic E-state index is 4.31. The molecule has 0 spiro atoms. The van der Waals surface area contributed by atoms with Crippen LogP contribution in [0.4, 0.5) is 0 Å². The summed E-state index contributed by atoms with van der Waals surface area (Å²) in [5.41, 5.74) is 1.01. The van der Waals surface area contributed by atoms with E-state index < -0.39 is 0 Å². The molecule has 0 bridgehead atoms. The van der Waals surface area contributed by atoms with E-state index in [1.807, 2.05) is 12.1 Å². The Labute approximate surface area is 98.4 Å². The molecule has 71 valence electrons. The van der Waals surface area contributed by atoms with E-state index >= 15 is 0 Å². The van der Waals surface area contributed by atoms with Crippen molar-refractivity contribution < 1.29 is 20.1 Å². The molecule has 0 atom stereocenters. The van der Waals surface area contributed by atoms with Crippen LogP contribution in [0.3, 0.4) is 0 Å². The maximum Gasteiger partial charge on any atom is 0.0309 e. The van der Waals surface area contributed by atoms with Crippen LogP contribution in [0.15, 0.2) is 30.6 Å². The minimum atomic E-state index is 0. The number of pyridine rings is 2. The van der Waals surface area contributed by atoms with Gasteiger partial charge in [-0.25, -0.2) is 0 Å². The molecular weight excluding hydrogens is 372 g/mol. The van der Waals surface area contributed by atoms with Gasteiger partial charge in [-0.2, -0.15) is 11.3 Å². The first-order valence-electron chi connectivity index (χ1n) is 3.95. The Bertz CT molecular complexity index is 526. The van der Waals surface area contributed by atoms with Gasteiger partial charge in [-0.1, -0.05) is 17.6 Å². The Morgan fingerprint density at radius 1 is 1.21 bits per heavy atom. The van der Waals surface area contributed by atoms with Gasteiger partial charge in [0.25, 0.3) is 0 Å². The fraction of sp³-hybridized carbons (Fsp3) is 0. The molecule has 1 radical (unpaired) electrons. The molecule has 4 heteroatoms. The number of hydrogen-bond acceptors (Lipinski definition) is 3. The normalized spacial score (nSPS) is 10.3. The molecule has 0 aliphatic heterocycles. The largest absolute Gasteiger partial charge is 0.342 e. The summed E-state index contributed by atoms with van der Waals surface area (Å²) in [6.45, 7) is 0. The zero-order chi connectivity index (χ0) is 8.67. The van der Waals surface area contributed by atoms with Gasteiger partial charge < -0.3 is 9.97 Å². The van der Waals surface area contributed by atoms with Crippen molar-refractivity contribution in [2.75, 3.05) is 0 Å². The van der Waals surface area contributed by atoms with Crippen molar-refractivity contribution >= 4 is 31.8 Å². The SMILES string of the molecule is [Ir].[c-]1ccnc2sc3cccnc3c12. The molecule has 3 heterocycles. The Morgan fingerprint density at radius 2 is 2.14 bits per heavy atom. The molecule has 3 rings (SSSR count). The van der Waals surface area contributed by atoms with Gasteiger partial charge in [0, 0.05) is 41.3 Å². The minimum absolute atomic E-state index is 0. The Kier molecular flexibility index (Phi) is 2.59. The van der Waals surface area contributed by atoms with Crippen molar-refractivity contribution in [1.29, 1.82) is 0 Å². The molecule has 0 fully saturated rings. The van der Waals surface area contributed by atoms with Crippen LogP contribution >= 0.6 is 11.3 Å². The van der Waals surface area contributed by atoms with E-state index in [1.165, 1.54) is 4.70 Å². The second-order valence-electron chi connectivity index (χ2n) is 2.72. The van der Waals surface area contributed by atoms with Crippen molar-refractivity contribution in [3.8, 4) is 0 Å². The molecule has 0 aliphatic carbocycles. The van der Waals surface area contributed by atoms with Crippen molar-refractivity contribution in [3.05, 3.63) is 36.7 Å². The molecule has 3 aromatic heterocycles. The molecular formula is C10H5IrN2S-. The fourth-order valence-corrected chi connectivity index (χ4v) is 2.34. The first-order valence-corrected chi connectivity index (χ1v) is 4.77. The van der Waals surface area contributed by atoms with Gasteiger partial charge in [0.1, 0.15) is 0 Å². The van der Waals surface area contributed by atoms with Crippen LogP contribution in [-0.2, 0) is 20.1 Å². The quantitative estimate of drug-likeness (QED) is 0.563. The summed E-state index contributed by atoms with van der Waals surface area (Å²) in [6.07, 6.45) is 3.56. The second-order valence-corrected chi connectivity index (χ2v) is 3.75. The molecule has 0 N–H and O–H groups in total. The summed E-state index contributed by atoms with van der Waals surface area (Å²) in [5, 5.41) is 1.03. The van der Waals surface area contributed by atoms with Gasteiger partial charge in [0.15, 0.2) is 0 Å². The first-order chi connectivity index (χ1) is 6.45. The van der Waals surface area contributed by atoms with E-state index in [1.54, 1.807) is 23.7 Å². The average Bonchev–Trinajstić information content (AvgIpc) is 2.56. The Hall–Kier alpha value is -0.831. The zero-order valence-electron chi connectivity index (χ0n) is 7.02. The summed E-state index contributed by atoms with van der Waals surface area (Å²) in [7, 11) is 0. The second kappa shape index (κ2) is 3.73. The predicted octanol–water partition coefficient (Wildman–Crippen LogP) is 2.64. The number of rotatable bonds is 0. The van der Waals surface area contributed by atoms with Crippen molar-refractivity contribution in [1.82, 2.24) is 9.97 Å². The Balaban J connectivity index is 0.000000750. The number of hydrogen-bond donors (Lipinski definition) is 0. The van der Waals surface area contributed by atoms with E-state index in [0.717, 1.165) is 15.7 Å². The molecule has 0 unspecified atom stereocenters. The maximum absolute atomic E-state index is 4.31. The third-order valence-electron chi connectivity index (χ3n) is 1.92. The molecule has 2 nitrogen and oxygen atoms in total. The van der Waals surface area contributed by atoms with Gasteiger partial charge in [0.05, 0.1) is 0 Å². The number of nitrogens with zero attached hydrogens (tertiary/aromatic N) is 2. The standard InChI is InChI=1S/C10H5N2S.Ir/c1-3-7-9-8(4-2-5-11-9)13-10(7)12-6-1;/h1-2,4-6H;/q-1;. The molecule has 0 amide bonds. The van der Waals surface area contributed by atoms with Crippen LogP contribution in [0.5, 0.6) is 0 Å². The minimum Gasteiger partial charge on any atom is -0.342 e. The molecule has 0 aliphatic rings.